The molecule has 1 unspecified atom stereocenters. The lowest BCUT2D eigenvalue weighted by Gasteiger charge is -2.35. The Morgan fingerprint density at radius 1 is 1.19 bits per heavy atom. The number of hydrogen-bond acceptors (Lipinski definition) is 4. The number of fused-ring (bicyclic) bond motifs is 3. The standard InChI is InChI=1S/C20H15FN4OS/c21-15-7-3-1-6-14(15)19-18-13(12-5-2-4-8-16(12)23-18)9-10-25(19)20(26)17-11-22-27-24-17/h1-8,11,19,23H,9-10H2. The topological polar surface area (TPSA) is 61.9 Å². The minimum Gasteiger partial charge on any atom is -0.356 e. The Morgan fingerprint density at radius 3 is 2.81 bits per heavy atom. The Balaban J connectivity index is 1.71. The van der Waals surface area contributed by atoms with Gasteiger partial charge in [-0.05, 0) is 24.1 Å². The fourth-order valence-electron chi connectivity index (χ4n) is 3.89. The lowest BCUT2D eigenvalue weighted by Crippen LogP contribution is -2.41. The van der Waals surface area contributed by atoms with Crippen molar-refractivity contribution in [2.45, 2.75) is 12.5 Å². The Hall–Kier alpha value is -3.06. The molecule has 0 spiro atoms. The fourth-order valence-corrected chi connectivity index (χ4v) is 4.29. The summed E-state index contributed by atoms with van der Waals surface area (Å²) < 4.78 is 22.7. The van der Waals surface area contributed by atoms with Gasteiger partial charge in [0.1, 0.15) is 11.9 Å². The average molecular weight is 378 g/mol. The first-order valence-electron chi connectivity index (χ1n) is 8.66. The zero-order valence-corrected chi connectivity index (χ0v) is 15.0. The van der Waals surface area contributed by atoms with Gasteiger partial charge in [0.05, 0.1) is 17.9 Å². The van der Waals surface area contributed by atoms with Gasteiger partial charge in [-0.2, -0.15) is 8.75 Å². The lowest BCUT2D eigenvalue weighted by atomic mass is 9.92. The van der Waals surface area contributed by atoms with E-state index in [0.717, 1.165) is 33.9 Å². The molecule has 27 heavy (non-hydrogen) atoms. The molecule has 2 aromatic heterocycles. The van der Waals surface area contributed by atoms with Crippen molar-refractivity contribution < 1.29 is 9.18 Å². The number of aromatic nitrogens is 3. The van der Waals surface area contributed by atoms with E-state index in [1.165, 1.54) is 12.3 Å². The third-order valence-electron chi connectivity index (χ3n) is 5.08. The first-order chi connectivity index (χ1) is 13.2. The van der Waals surface area contributed by atoms with Crippen LogP contribution in [0.5, 0.6) is 0 Å². The van der Waals surface area contributed by atoms with E-state index in [-0.39, 0.29) is 11.7 Å². The molecule has 1 N–H and O–H groups in total. The molecule has 5 nitrogen and oxygen atoms in total. The van der Waals surface area contributed by atoms with E-state index in [9.17, 15) is 9.18 Å². The first-order valence-corrected chi connectivity index (χ1v) is 9.39. The number of benzene rings is 2. The van der Waals surface area contributed by atoms with Crippen molar-refractivity contribution in [2.75, 3.05) is 6.54 Å². The van der Waals surface area contributed by atoms with Crippen LogP contribution in [0, 0.1) is 5.82 Å². The molecular formula is C20H15FN4OS. The molecule has 7 heteroatoms. The smallest absolute Gasteiger partial charge is 0.276 e. The lowest BCUT2D eigenvalue weighted by molar-refractivity contribution is 0.0684. The van der Waals surface area contributed by atoms with Crippen LogP contribution in [0.15, 0.2) is 54.7 Å². The predicted octanol–water partition coefficient (Wildman–Crippen LogP) is 3.95. The number of carbonyl (C=O) groups is 1. The van der Waals surface area contributed by atoms with E-state index < -0.39 is 6.04 Å². The van der Waals surface area contributed by atoms with E-state index in [0.29, 0.717) is 24.2 Å². The number of amides is 1. The Morgan fingerprint density at radius 2 is 2.00 bits per heavy atom. The fraction of sp³-hybridized carbons (Fsp3) is 0.150. The zero-order chi connectivity index (χ0) is 18.4. The first kappa shape index (κ1) is 16.1. The van der Waals surface area contributed by atoms with Gasteiger partial charge in [-0.25, -0.2) is 4.39 Å². The zero-order valence-electron chi connectivity index (χ0n) is 14.2. The summed E-state index contributed by atoms with van der Waals surface area (Å²) in [6.45, 7) is 0.490. The number of hydrogen-bond donors (Lipinski definition) is 1. The Kier molecular flexibility index (Phi) is 3.75. The third kappa shape index (κ3) is 2.54. The molecular weight excluding hydrogens is 363 g/mol. The molecule has 1 atom stereocenters. The minimum atomic E-state index is -0.531. The molecule has 1 aliphatic heterocycles. The summed E-state index contributed by atoms with van der Waals surface area (Å²) in [6, 6.07) is 14.1. The number of rotatable bonds is 2. The Labute approximate surface area is 158 Å². The molecule has 0 aliphatic carbocycles. The highest BCUT2D eigenvalue weighted by Gasteiger charge is 2.36. The number of halogens is 1. The molecule has 0 fully saturated rings. The van der Waals surface area contributed by atoms with Gasteiger partial charge in [0, 0.05) is 28.7 Å². The molecule has 3 heterocycles. The Bertz CT molecular complexity index is 1140. The molecule has 4 aromatic rings. The number of aromatic amines is 1. The van der Waals surface area contributed by atoms with E-state index in [2.05, 4.69) is 19.8 Å². The summed E-state index contributed by atoms with van der Waals surface area (Å²) in [5.74, 6) is -0.565. The van der Waals surface area contributed by atoms with Gasteiger partial charge in [-0.15, -0.1) is 0 Å². The largest absolute Gasteiger partial charge is 0.356 e. The quantitative estimate of drug-likeness (QED) is 0.575. The van der Waals surface area contributed by atoms with E-state index in [1.54, 1.807) is 23.1 Å². The maximum atomic E-state index is 14.7. The maximum Gasteiger partial charge on any atom is 0.276 e. The summed E-state index contributed by atoms with van der Waals surface area (Å²) in [5, 5.41) is 1.12. The summed E-state index contributed by atoms with van der Waals surface area (Å²) >= 11 is 0.992. The van der Waals surface area contributed by atoms with Crippen LogP contribution in [-0.2, 0) is 6.42 Å². The second kappa shape index (κ2) is 6.28. The molecule has 0 saturated carbocycles. The van der Waals surface area contributed by atoms with Gasteiger partial charge in [0.25, 0.3) is 5.91 Å². The van der Waals surface area contributed by atoms with E-state index in [4.69, 9.17) is 0 Å². The predicted molar refractivity (Wildman–Crippen MR) is 101 cm³/mol. The van der Waals surface area contributed by atoms with Crippen molar-refractivity contribution in [1.29, 1.82) is 0 Å². The molecule has 1 aliphatic rings. The number of para-hydroxylation sites is 1. The van der Waals surface area contributed by atoms with Gasteiger partial charge < -0.3 is 9.88 Å². The van der Waals surface area contributed by atoms with Crippen molar-refractivity contribution in [1.82, 2.24) is 18.6 Å². The SMILES string of the molecule is O=C(c1cnsn1)N1CCc2c([nH]c3ccccc23)C1c1ccccc1F. The molecule has 0 saturated heterocycles. The highest BCUT2D eigenvalue weighted by Crippen LogP contribution is 2.39. The van der Waals surface area contributed by atoms with Crippen LogP contribution in [0.1, 0.15) is 33.4 Å². The molecule has 0 bridgehead atoms. The van der Waals surface area contributed by atoms with Crippen molar-refractivity contribution in [3.05, 3.63) is 83.1 Å². The van der Waals surface area contributed by atoms with Gasteiger partial charge in [-0.1, -0.05) is 36.4 Å². The van der Waals surface area contributed by atoms with Crippen LogP contribution < -0.4 is 0 Å². The van der Waals surface area contributed by atoms with Crippen LogP contribution in [0.2, 0.25) is 0 Å². The van der Waals surface area contributed by atoms with Gasteiger partial charge in [0.15, 0.2) is 5.69 Å². The minimum absolute atomic E-state index is 0.235. The molecule has 1 amide bonds. The third-order valence-corrected chi connectivity index (χ3v) is 5.55. The summed E-state index contributed by atoms with van der Waals surface area (Å²) in [6.07, 6.45) is 2.17. The van der Waals surface area contributed by atoms with Crippen LogP contribution in [-0.4, -0.2) is 31.1 Å². The van der Waals surface area contributed by atoms with Crippen molar-refractivity contribution >= 4 is 28.5 Å². The monoisotopic (exact) mass is 378 g/mol. The van der Waals surface area contributed by atoms with Crippen LogP contribution in [0.3, 0.4) is 0 Å². The summed E-state index contributed by atoms with van der Waals surface area (Å²) in [5.41, 5.74) is 3.76. The molecule has 134 valence electrons. The highest BCUT2D eigenvalue weighted by molar-refractivity contribution is 6.99. The molecule has 5 rings (SSSR count). The number of H-pyrrole nitrogens is 1. The van der Waals surface area contributed by atoms with Crippen molar-refractivity contribution in [2.24, 2.45) is 0 Å². The average Bonchev–Trinajstić information content (AvgIpc) is 3.35. The van der Waals surface area contributed by atoms with Crippen LogP contribution >= 0.6 is 11.7 Å². The summed E-state index contributed by atoms with van der Waals surface area (Å²) in [4.78, 5) is 18.2. The van der Waals surface area contributed by atoms with Crippen molar-refractivity contribution in [3.63, 3.8) is 0 Å². The number of nitrogens with zero attached hydrogens (tertiary/aromatic N) is 3. The maximum absolute atomic E-state index is 14.7. The van der Waals surface area contributed by atoms with Gasteiger partial charge in [0.2, 0.25) is 0 Å². The second-order valence-corrected chi connectivity index (χ2v) is 7.08. The van der Waals surface area contributed by atoms with E-state index >= 15 is 0 Å². The van der Waals surface area contributed by atoms with Gasteiger partial charge in [-0.3, -0.25) is 4.79 Å². The number of carbonyl (C=O) groups excluding carboxylic acids is 1. The molecule has 0 radical (unpaired) electrons. The van der Waals surface area contributed by atoms with Crippen molar-refractivity contribution in [3.8, 4) is 0 Å². The number of nitrogens with one attached hydrogen (secondary N) is 1. The molecule has 2 aromatic carbocycles. The van der Waals surface area contributed by atoms with Gasteiger partial charge >= 0.3 is 0 Å². The summed E-state index contributed by atoms with van der Waals surface area (Å²) in [7, 11) is 0. The second-order valence-electron chi connectivity index (χ2n) is 6.53. The van der Waals surface area contributed by atoms with Crippen LogP contribution in [0.25, 0.3) is 10.9 Å². The highest BCUT2D eigenvalue weighted by atomic mass is 32.1. The normalized spacial score (nSPS) is 16.5. The van der Waals surface area contributed by atoms with E-state index in [1.807, 2.05) is 18.2 Å². The van der Waals surface area contributed by atoms with Crippen LogP contribution in [0.4, 0.5) is 4.39 Å².